The molecule has 0 bridgehead atoms. The normalized spacial score (nSPS) is 24.5. The van der Waals surface area contributed by atoms with E-state index in [9.17, 15) is 44.6 Å². The van der Waals surface area contributed by atoms with Gasteiger partial charge in [0.2, 0.25) is 0 Å². The lowest BCUT2D eigenvalue weighted by Gasteiger charge is -2.41. The minimum absolute atomic E-state index is 0.0881. The van der Waals surface area contributed by atoms with Crippen molar-refractivity contribution < 1.29 is 63.1 Å². The first-order chi connectivity index (χ1) is 23.4. The first kappa shape index (κ1) is 45.6. The van der Waals surface area contributed by atoms with Crippen molar-refractivity contribution in [2.75, 3.05) is 13.2 Å². The van der Waals surface area contributed by atoms with Crippen LogP contribution in [-0.4, -0.2) is 98.3 Å². The first-order valence-electron chi connectivity index (χ1n) is 18.5. The lowest BCUT2D eigenvalue weighted by atomic mass is 9.85. The van der Waals surface area contributed by atoms with Crippen molar-refractivity contribution in [1.82, 2.24) is 0 Å². The van der Waals surface area contributed by atoms with E-state index in [0.717, 1.165) is 57.8 Å². The highest BCUT2D eigenvalue weighted by Gasteiger charge is 2.51. The van der Waals surface area contributed by atoms with Crippen molar-refractivity contribution in [3.8, 4) is 0 Å². The van der Waals surface area contributed by atoms with E-state index in [-0.39, 0.29) is 12.8 Å². The predicted molar refractivity (Wildman–Crippen MR) is 184 cm³/mol. The van der Waals surface area contributed by atoms with Gasteiger partial charge in [0.1, 0.15) is 43.2 Å². The van der Waals surface area contributed by atoms with E-state index in [1.54, 1.807) is 0 Å². The number of hydrogen-bond acceptors (Lipinski definition) is 12. The number of rotatable bonds is 29. The molecule has 0 amide bonds. The van der Waals surface area contributed by atoms with Gasteiger partial charge in [-0.05, 0) is 32.1 Å². The number of phosphoric ester groups is 1. The standard InChI is InChI=1S/C35H65O13P/c1-3-5-7-9-11-13-14-16-17-19-21-23-28(36)45-25-27(47-29(37)24-22-20-18-15-12-10-8-6-4-2)26-46-49(43,44)48-35-33(41)31(39)30(38)32(40)34(35)42/h6,8,27,30-35,38-42H,3-5,7,9-26H2,1-2H3,(H,43,44)/b8-6+/t27-,30?,31-,32+,33+,34+,35?/m0/s1. The minimum atomic E-state index is -5.10. The number of unbranched alkanes of at least 4 members (excludes halogenated alkanes) is 15. The van der Waals surface area contributed by atoms with Gasteiger partial charge in [-0.15, -0.1) is 0 Å². The van der Waals surface area contributed by atoms with Crippen LogP contribution < -0.4 is 0 Å². The molecule has 13 nitrogen and oxygen atoms in total. The SMILES string of the molecule is CC/C=C/CCCCCCCC(=O)O[C@@H](COC(=O)CCCCCCCCCCCCC)COP(=O)(O)OC1[C@H](O)[C@H](O)C(O)[C@H](O)[C@H]1O. The highest BCUT2D eigenvalue weighted by molar-refractivity contribution is 7.47. The van der Waals surface area contributed by atoms with Crippen molar-refractivity contribution in [3.05, 3.63) is 12.2 Å². The second kappa shape index (κ2) is 27.3. The number of esters is 2. The Balaban J connectivity index is 2.57. The number of allylic oxidation sites excluding steroid dienone is 2. The fourth-order valence-corrected chi connectivity index (χ4v) is 6.55. The van der Waals surface area contributed by atoms with E-state index >= 15 is 0 Å². The van der Waals surface area contributed by atoms with Gasteiger partial charge in [0.05, 0.1) is 6.61 Å². The molecule has 0 aromatic heterocycles. The smallest absolute Gasteiger partial charge is 0.462 e. The molecule has 1 saturated carbocycles. The summed E-state index contributed by atoms with van der Waals surface area (Å²) in [5, 5.41) is 49.8. The predicted octanol–water partition coefficient (Wildman–Crippen LogP) is 5.16. The summed E-state index contributed by atoms with van der Waals surface area (Å²) in [6.07, 6.45) is 10.3. The Labute approximate surface area is 293 Å². The number of carbonyl (C=O) groups is 2. The second-order valence-electron chi connectivity index (χ2n) is 13.1. The molecule has 0 aliphatic heterocycles. The molecule has 14 heteroatoms. The van der Waals surface area contributed by atoms with Crippen LogP contribution in [-0.2, 0) is 32.7 Å². The molecule has 1 rings (SSSR count). The van der Waals surface area contributed by atoms with E-state index in [4.69, 9.17) is 18.5 Å². The van der Waals surface area contributed by atoms with Crippen LogP contribution >= 0.6 is 7.82 Å². The summed E-state index contributed by atoms with van der Waals surface area (Å²) in [5.74, 6) is -1.11. The van der Waals surface area contributed by atoms with Crippen LogP contribution in [0.1, 0.15) is 142 Å². The molecule has 288 valence electrons. The van der Waals surface area contributed by atoms with Crippen LogP contribution in [0.5, 0.6) is 0 Å². The Morgan fingerprint density at radius 3 is 1.63 bits per heavy atom. The molecular formula is C35H65O13P. The molecule has 0 saturated heterocycles. The average Bonchev–Trinajstić information content (AvgIpc) is 3.07. The van der Waals surface area contributed by atoms with Crippen molar-refractivity contribution in [2.24, 2.45) is 0 Å². The lowest BCUT2D eigenvalue weighted by Crippen LogP contribution is -2.64. The van der Waals surface area contributed by atoms with Gasteiger partial charge in [0.25, 0.3) is 0 Å². The molecule has 0 aromatic carbocycles. The largest absolute Gasteiger partial charge is 0.472 e. The molecule has 0 heterocycles. The summed E-state index contributed by atoms with van der Waals surface area (Å²) in [6, 6.07) is 0. The zero-order valence-corrected chi connectivity index (χ0v) is 30.6. The van der Waals surface area contributed by atoms with Crippen LogP contribution in [0.3, 0.4) is 0 Å². The quantitative estimate of drug-likeness (QED) is 0.0255. The first-order valence-corrected chi connectivity index (χ1v) is 20.0. The number of hydrogen-bond donors (Lipinski definition) is 6. The average molecular weight is 725 g/mol. The van der Waals surface area contributed by atoms with Gasteiger partial charge in [0, 0.05) is 12.8 Å². The highest BCUT2D eigenvalue weighted by atomic mass is 31.2. The Hall–Kier alpha value is -1.41. The zero-order chi connectivity index (χ0) is 36.5. The van der Waals surface area contributed by atoms with Crippen LogP contribution in [0, 0.1) is 0 Å². The van der Waals surface area contributed by atoms with Crippen LogP contribution in [0.15, 0.2) is 12.2 Å². The summed E-state index contributed by atoms with van der Waals surface area (Å²) in [5.41, 5.74) is 0. The summed E-state index contributed by atoms with van der Waals surface area (Å²) in [6.45, 7) is 3.12. The molecule has 1 aliphatic rings. The molecule has 6 N–H and O–H groups in total. The maximum Gasteiger partial charge on any atom is 0.472 e. The lowest BCUT2D eigenvalue weighted by molar-refractivity contribution is -0.220. The van der Waals surface area contributed by atoms with E-state index in [1.165, 1.54) is 44.9 Å². The molecule has 3 unspecified atom stereocenters. The van der Waals surface area contributed by atoms with Gasteiger partial charge in [-0.25, -0.2) is 4.57 Å². The van der Waals surface area contributed by atoms with Crippen LogP contribution in [0.2, 0.25) is 0 Å². The fraction of sp³-hybridized carbons (Fsp3) is 0.886. The topological polar surface area (TPSA) is 210 Å². The summed E-state index contributed by atoms with van der Waals surface area (Å²) < 4.78 is 33.2. The van der Waals surface area contributed by atoms with Crippen LogP contribution in [0.25, 0.3) is 0 Å². The van der Waals surface area contributed by atoms with Gasteiger partial charge < -0.3 is 39.9 Å². The second-order valence-corrected chi connectivity index (χ2v) is 14.5. The Kier molecular flexibility index (Phi) is 25.4. The Morgan fingerprint density at radius 1 is 0.633 bits per heavy atom. The summed E-state index contributed by atoms with van der Waals surface area (Å²) in [4.78, 5) is 35.3. The van der Waals surface area contributed by atoms with E-state index < -0.39 is 75.7 Å². The van der Waals surface area contributed by atoms with E-state index in [2.05, 4.69) is 26.0 Å². The molecule has 8 atom stereocenters. The molecule has 1 aliphatic carbocycles. The van der Waals surface area contributed by atoms with E-state index in [1.807, 2.05) is 0 Å². The Morgan fingerprint density at radius 2 is 1.10 bits per heavy atom. The van der Waals surface area contributed by atoms with Gasteiger partial charge in [0.15, 0.2) is 6.10 Å². The number of phosphoric acid groups is 1. The third-order valence-corrected chi connectivity index (χ3v) is 9.60. The van der Waals surface area contributed by atoms with Crippen molar-refractivity contribution in [1.29, 1.82) is 0 Å². The third kappa shape index (κ3) is 20.9. The molecular weight excluding hydrogens is 659 g/mol. The fourth-order valence-electron chi connectivity index (χ4n) is 5.58. The zero-order valence-electron chi connectivity index (χ0n) is 29.7. The van der Waals surface area contributed by atoms with Gasteiger partial charge in [-0.2, -0.15) is 0 Å². The van der Waals surface area contributed by atoms with Crippen molar-refractivity contribution in [2.45, 2.75) is 185 Å². The van der Waals surface area contributed by atoms with Crippen LogP contribution in [0.4, 0.5) is 0 Å². The van der Waals surface area contributed by atoms with Crippen molar-refractivity contribution in [3.63, 3.8) is 0 Å². The monoisotopic (exact) mass is 724 g/mol. The number of ether oxygens (including phenoxy) is 2. The van der Waals surface area contributed by atoms with Gasteiger partial charge in [-0.1, -0.05) is 109 Å². The maximum absolute atomic E-state index is 12.7. The van der Waals surface area contributed by atoms with Crippen molar-refractivity contribution >= 4 is 19.8 Å². The van der Waals surface area contributed by atoms with Gasteiger partial charge in [-0.3, -0.25) is 18.6 Å². The summed E-state index contributed by atoms with van der Waals surface area (Å²) >= 11 is 0. The maximum atomic E-state index is 12.7. The number of carbonyl (C=O) groups excluding carboxylic acids is 2. The molecule has 49 heavy (non-hydrogen) atoms. The third-order valence-electron chi connectivity index (χ3n) is 8.62. The van der Waals surface area contributed by atoms with Gasteiger partial charge >= 0.3 is 19.8 Å². The number of aliphatic hydroxyl groups is 5. The number of aliphatic hydroxyl groups excluding tert-OH is 5. The molecule has 1 fully saturated rings. The highest BCUT2D eigenvalue weighted by Crippen LogP contribution is 2.47. The van der Waals surface area contributed by atoms with E-state index in [0.29, 0.717) is 12.8 Å². The molecule has 0 spiro atoms. The summed E-state index contributed by atoms with van der Waals surface area (Å²) in [7, 11) is -5.10. The molecule has 0 aromatic rings. The molecule has 0 radical (unpaired) electrons. The minimum Gasteiger partial charge on any atom is -0.462 e. The Bertz CT molecular complexity index is 932.